The first-order chi connectivity index (χ1) is 5.04. The van der Waals surface area contributed by atoms with Crippen LogP contribution in [0.5, 0.6) is 0 Å². The molecule has 0 atom stereocenters. The second kappa shape index (κ2) is 2.45. The lowest BCUT2D eigenvalue weighted by Crippen LogP contribution is -2.05. The zero-order valence-electron chi connectivity index (χ0n) is 7.13. The minimum atomic E-state index is 0.314. The van der Waals surface area contributed by atoms with Crippen molar-refractivity contribution in [2.45, 2.75) is 26.8 Å². The number of hydrogen-bond donors (Lipinski definition) is 2. The maximum atomic E-state index is 5.63. The van der Waals surface area contributed by atoms with Crippen LogP contribution in [0.25, 0.3) is 0 Å². The van der Waals surface area contributed by atoms with Gasteiger partial charge in [0.2, 0.25) is 0 Å². The van der Waals surface area contributed by atoms with Crippen LogP contribution in [0.4, 0.5) is 11.5 Å². The van der Waals surface area contributed by atoms with E-state index < -0.39 is 0 Å². The smallest absolute Gasteiger partial charge is 0.169 e. The molecule has 0 saturated heterocycles. The Morgan fingerprint density at radius 3 is 2.09 bits per heavy atom. The summed E-state index contributed by atoms with van der Waals surface area (Å²) in [5, 5.41) is 4.08. The fraction of sp³-hybridized carbons (Fsp3) is 0.571. The molecule has 62 valence electrons. The Labute approximate surface area is 66.2 Å². The van der Waals surface area contributed by atoms with E-state index in [2.05, 4.69) is 5.10 Å². The number of anilines is 2. The van der Waals surface area contributed by atoms with E-state index in [1.165, 1.54) is 0 Å². The quantitative estimate of drug-likeness (QED) is 0.632. The Hall–Kier alpha value is -1.19. The average Bonchev–Trinajstić information content (AvgIpc) is 2.17. The largest absolute Gasteiger partial charge is 0.394 e. The molecular formula is C7H14N4. The third-order valence-corrected chi connectivity index (χ3v) is 1.71. The van der Waals surface area contributed by atoms with Crippen molar-refractivity contribution in [1.82, 2.24) is 9.78 Å². The predicted octanol–water partition coefficient (Wildman–Crippen LogP) is 0.937. The summed E-state index contributed by atoms with van der Waals surface area (Å²) in [6.07, 6.45) is 0. The standard InChI is InChI=1S/C7H14N4/c1-4(2)11-5(3)6(8)7(9)10-11/h4H,8H2,1-3H3,(H2,9,10). The number of rotatable bonds is 1. The first-order valence-electron chi connectivity index (χ1n) is 3.64. The van der Waals surface area contributed by atoms with E-state index in [-0.39, 0.29) is 0 Å². The van der Waals surface area contributed by atoms with E-state index in [1.807, 2.05) is 25.5 Å². The van der Waals surface area contributed by atoms with Crippen LogP contribution < -0.4 is 11.5 Å². The van der Waals surface area contributed by atoms with E-state index in [1.54, 1.807) is 0 Å². The second-order valence-electron chi connectivity index (χ2n) is 2.92. The second-order valence-corrected chi connectivity index (χ2v) is 2.92. The van der Waals surface area contributed by atoms with Crippen LogP contribution in [0.15, 0.2) is 0 Å². The molecule has 11 heavy (non-hydrogen) atoms. The summed E-state index contributed by atoms with van der Waals surface area (Å²) in [4.78, 5) is 0. The van der Waals surface area contributed by atoms with Crippen LogP contribution in [-0.2, 0) is 0 Å². The molecule has 1 heterocycles. The minimum Gasteiger partial charge on any atom is -0.394 e. The summed E-state index contributed by atoms with van der Waals surface area (Å²) < 4.78 is 1.82. The molecule has 0 amide bonds. The van der Waals surface area contributed by atoms with Crippen LogP contribution in [0, 0.1) is 6.92 Å². The maximum absolute atomic E-state index is 5.63. The summed E-state index contributed by atoms with van der Waals surface area (Å²) >= 11 is 0. The van der Waals surface area contributed by atoms with Crippen molar-refractivity contribution in [3.05, 3.63) is 5.69 Å². The van der Waals surface area contributed by atoms with Crippen molar-refractivity contribution in [2.75, 3.05) is 11.5 Å². The fourth-order valence-corrected chi connectivity index (χ4v) is 1.06. The van der Waals surface area contributed by atoms with Crippen LogP contribution in [-0.4, -0.2) is 9.78 Å². The van der Waals surface area contributed by atoms with Crippen molar-refractivity contribution < 1.29 is 0 Å². The monoisotopic (exact) mass is 154 g/mol. The average molecular weight is 154 g/mol. The van der Waals surface area contributed by atoms with Crippen molar-refractivity contribution in [3.63, 3.8) is 0 Å². The highest BCUT2D eigenvalue weighted by molar-refractivity contribution is 5.61. The lowest BCUT2D eigenvalue weighted by atomic mass is 10.3. The van der Waals surface area contributed by atoms with E-state index in [4.69, 9.17) is 11.5 Å². The summed E-state index contributed by atoms with van der Waals surface area (Å²) in [7, 11) is 0. The number of nitrogen functional groups attached to an aromatic ring is 2. The Balaban J connectivity index is 3.19. The molecule has 0 spiro atoms. The van der Waals surface area contributed by atoms with Gasteiger partial charge in [-0.05, 0) is 20.8 Å². The molecule has 4 N–H and O–H groups in total. The fourth-order valence-electron chi connectivity index (χ4n) is 1.06. The van der Waals surface area contributed by atoms with Gasteiger partial charge in [-0.15, -0.1) is 0 Å². The van der Waals surface area contributed by atoms with Gasteiger partial charge >= 0.3 is 0 Å². The van der Waals surface area contributed by atoms with Crippen LogP contribution >= 0.6 is 0 Å². The van der Waals surface area contributed by atoms with Crippen molar-refractivity contribution >= 4 is 11.5 Å². The minimum absolute atomic E-state index is 0.314. The van der Waals surface area contributed by atoms with Crippen LogP contribution in [0.2, 0.25) is 0 Å². The highest BCUT2D eigenvalue weighted by Gasteiger charge is 2.09. The molecule has 1 aromatic heterocycles. The van der Waals surface area contributed by atoms with Crippen molar-refractivity contribution in [2.24, 2.45) is 0 Å². The van der Waals surface area contributed by atoms with Crippen LogP contribution in [0.3, 0.4) is 0 Å². The molecule has 4 heteroatoms. The molecule has 0 bridgehead atoms. The maximum Gasteiger partial charge on any atom is 0.169 e. The summed E-state index contributed by atoms with van der Waals surface area (Å²) in [5.74, 6) is 0.427. The molecule has 0 aliphatic rings. The van der Waals surface area contributed by atoms with Gasteiger partial charge in [-0.1, -0.05) is 0 Å². The van der Waals surface area contributed by atoms with Gasteiger partial charge in [0.05, 0.1) is 11.4 Å². The first-order valence-corrected chi connectivity index (χ1v) is 3.64. The summed E-state index contributed by atoms with van der Waals surface area (Å²) in [6.45, 7) is 6.00. The van der Waals surface area contributed by atoms with Gasteiger partial charge in [-0.25, -0.2) is 0 Å². The molecule has 0 aliphatic carbocycles. The van der Waals surface area contributed by atoms with Gasteiger partial charge in [0.1, 0.15) is 0 Å². The highest BCUT2D eigenvalue weighted by atomic mass is 15.3. The molecule has 0 fully saturated rings. The Kier molecular flexibility index (Phi) is 1.76. The molecule has 0 aromatic carbocycles. The molecule has 0 radical (unpaired) electrons. The number of hydrogen-bond acceptors (Lipinski definition) is 3. The Morgan fingerprint density at radius 2 is 1.91 bits per heavy atom. The molecular weight excluding hydrogens is 140 g/mol. The van der Waals surface area contributed by atoms with Gasteiger partial charge in [-0.2, -0.15) is 5.10 Å². The van der Waals surface area contributed by atoms with Crippen molar-refractivity contribution in [1.29, 1.82) is 0 Å². The normalized spacial score (nSPS) is 10.9. The molecule has 0 saturated carbocycles. The van der Waals surface area contributed by atoms with Gasteiger partial charge < -0.3 is 11.5 Å². The number of nitrogens with two attached hydrogens (primary N) is 2. The zero-order valence-corrected chi connectivity index (χ0v) is 7.13. The molecule has 0 aliphatic heterocycles. The number of nitrogens with zero attached hydrogens (tertiary/aromatic N) is 2. The lowest BCUT2D eigenvalue weighted by molar-refractivity contribution is 0.521. The van der Waals surface area contributed by atoms with Gasteiger partial charge in [0.25, 0.3) is 0 Å². The first kappa shape index (κ1) is 7.91. The lowest BCUT2D eigenvalue weighted by Gasteiger charge is -2.06. The Morgan fingerprint density at radius 1 is 1.36 bits per heavy atom. The van der Waals surface area contributed by atoms with Crippen LogP contribution in [0.1, 0.15) is 25.6 Å². The van der Waals surface area contributed by atoms with E-state index in [0.29, 0.717) is 17.5 Å². The number of aromatic nitrogens is 2. The van der Waals surface area contributed by atoms with E-state index in [0.717, 1.165) is 5.69 Å². The SMILES string of the molecule is Cc1c(N)c(N)nn1C(C)C. The zero-order chi connectivity index (χ0) is 8.59. The topological polar surface area (TPSA) is 69.9 Å². The van der Waals surface area contributed by atoms with Gasteiger partial charge in [-0.3, -0.25) is 4.68 Å². The Bertz CT molecular complexity index is 262. The third kappa shape index (κ3) is 1.15. The summed E-state index contributed by atoms with van der Waals surface area (Å²) in [6, 6.07) is 0.314. The van der Waals surface area contributed by atoms with E-state index >= 15 is 0 Å². The third-order valence-electron chi connectivity index (χ3n) is 1.71. The predicted molar refractivity (Wildman–Crippen MR) is 46.2 cm³/mol. The van der Waals surface area contributed by atoms with Crippen molar-refractivity contribution in [3.8, 4) is 0 Å². The summed E-state index contributed by atoms with van der Waals surface area (Å²) in [5.41, 5.74) is 12.7. The van der Waals surface area contributed by atoms with Gasteiger partial charge in [0, 0.05) is 6.04 Å². The molecule has 1 aromatic rings. The van der Waals surface area contributed by atoms with Gasteiger partial charge in [0.15, 0.2) is 5.82 Å². The molecule has 4 nitrogen and oxygen atoms in total. The molecule has 1 rings (SSSR count). The van der Waals surface area contributed by atoms with E-state index in [9.17, 15) is 0 Å². The highest BCUT2D eigenvalue weighted by Crippen LogP contribution is 2.20. The molecule has 0 unspecified atom stereocenters.